The molecule has 0 spiro atoms. The largest absolute Gasteiger partial charge is 0.451 e. The fraction of sp³-hybridized carbons (Fsp3) is 0.120. The van der Waals surface area contributed by atoms with Gasteiger partial charge in [0.15, 0.2) is 5.76 Å². The standard InChI is InChI=1S/C25H22N2O3/c1-17-19-11-6-8-14-22(19)30-23(17)25(29)27-21-13-7-5-12-20(21)24(28)26-16-15-18-9-3-2-4-10-18/h2-14H,15-16H2,1H3,(H,26,28)(H,27,29). The Labute approximate surface area is 174 Å². The summed E-state index contributed by atoms with van der Waals surface area (Å²) in [6, 6.07) is 24.4. The lowest BCUT2D eigenvalue weighted by Crippen LogP contribution is -2.27. The van der Waals surface area contributed by atoms with Crippen LogP contribution in [0, 0.1) is 6.92 Å². The summed E-state index contributed by atoms with van der Waals surface area (Å²) in [6.07, 6.45) is 0.735. The molecule has 5 nitrogen and oxygen atoms in total. The summed E-state index contributed by atoms with van der Waals surface area (Å²) in [5.41, 5.74) is 3.44. The average molecular weight is 398 g/mol. The molecule has 4 aromatic rings. The van der Waals surface area contributed by atoms with Gasteiger partial charge in [-0.05, 0) is 37.1 Å². The normalized spacial score (nSPS) is 10.7. The van der Waals surface area contributed by atoms with Gasteiger partial charge in [0.05, 0.1) is 11.3 Å². The molecule has 1 aromatic heterocycles. The van der Waals surface area contributed by atoms with Gasteiger partial charge in [0, 0.05) is 17.5 Å². The van der Waals surface area contributed by atoms with Gasteiger partial charge >= 0.3 is 0 Å². The number of carbonyl (C=O) groups excluding carboxylic acids is 2. The number of anilines is 1. The Kier molecular flexibility index (Phi) is 5.61. The van der Waals surface area contributed by atoms with Gasteiger partial charge in [0.2, 0.25) is 0 Å². The van der Waals surface area contributed by atoms with Crippen LogP contribution in [0.4, 0.5) is 5.69 Å². The predicted octanol–water partition coefficient (Wildman–Crippen LogP) is 4.97. The molecule has 0 fully saturated rings. The number of hydrogen-bond donors (Lipinski definition) is 2. The van der Waals surface area contributed by atoms with Crippen LogP contribution in [0.3, 0.4) is 0 Å². The van der Waals surface area contributed by atoms with Crippen LogP contribution in [0.15, 0.2) is 83.3 Å². The highest BCUT2D eigenvalue weighted by Gasteiger charge is 2.19. The average Bonchev–Trinajstić information content (AvgIpc) is 3.12. The zero-order chi connectivity index (χ0) is 20.9. The van der Waals surface area contributed by atoms with Crippen LogP contribution in [0.25, 0.3) is 11.0 Å². The highest BCUT2D eigenvalue weighted by Crippen LogP contribution is 2.26. The number of para-hydroxylation sites is 2. The molecule has 5 heteroatoms. The molecule has 0 unspecified atom stereocenters. The van der Waals surface area contributed by atoms with Gasteiger partial charge < -0.3 is 15.1 Å². The van der Waals surface area contributed by atoms with E-state index >= 15 is 0 Å². The highest BCUT2D eigenvalue weighted by atomic mass is 16.3. The molecule has 4 rings (SSSR count). The number of benzene rings is 3. The first-order chi connectivity index (χ1) is 14.6. The third kappa shape index (κ3) is 4.10. The quantitative estimate of drug-likeness (QED) is 0.482. The third-order valence-electron chi connectivity index (χ3n) is 5.01. The van der Waals surface area contributed by atoms with Gasteiger partial charge in [-0.2, -0.15) is 0 Å². The van der Waals surface area contributed by atoms with Crippen molar-refractivity contribution >= 4 is 28.5 Å². The van der Waals surface area contributed by atoms with E-state index in [1.807, 2.05) is 61.5 Å². The third-order valence-corrected chi connectivity index (χ3v) is 5.01. The van der Waals surface area contributed by atoms with Crippen molar-refractivity contribution in [2.45, 2.75) is 13.3 Å². The molecule has 0 saturated carbocycles. The zero-order valence-electron chi connectivity index (χ0n) is 16.6. The van der Waals surface area contributed by atoms with E-state index in [0.717, 1.165) is 22.9 Å². The minimum atomic E-state index is -0.381. The van der Waals surface area contributed by atoms with Crippen LogP contribution < -0.4 is 10.6 Å². The van der Waals surface area contributed by atoms with E-state index in [4.69, 9.17) is 4.42 Å². The van der Waals surface area contributed by atoms with Crippen LogP contribution in [0.1, 0.15) is 32.0 Å². The molecule has 0 aliphatic carbocycles. The van der Waals surface area contributed by atoms with Crippen molar-refractivity contribution < 1.29 is 14.0 Å². The van der Waals surface area contributed by atoms with Gasteiger partial charge in [-0.3, -0.25) is 9.59 Å². The molecule has 2 amide bonds. The van der Waals surface area contributed by atoms with E-state index in [1.165, 1.54) is 0 Å². The summed E-state index contributed by atoms with van der Waals surface area (Å²) in [6.45, 7) is 2.36. The Morgan fingerprint density at radius 3 is 2.33 bits per heavy atom. The van der Waals surface area contributed by atoms with E-state index in [9.17, 15) is 9.59 Å². The highest BCUT2D eigenvalue weighted by molar-refractivity contribution is 6.10. The monoisotopic (exact) mass is 398 g/mol. The number of amides is 2. The number of carbonyl (C=O) groups is 2. The molecule has 0 radical (unpaired) electrons. The summed E-state index contributed by atoms with van der Waals surface area (Å²) >= 11 is 0. The second kappa shape index (κ2) is 8.66. The minimum Gasteiger partial charge on any atom is -0.451 e. The van der Waals surface area contributed by atoms with Crippen molar-refractivity contribution in [1.29, 1.82) is 0 Å². The van der Waals surface area contributed by atoms with Crippen molar-refractivity contribution in [1.82, 2.24) is 5.32 Å². The maximum atomic E-state index is 12.8. The Morgan fingerprint density at radius 2 is 1.53 bits per heavy atom. The van der Waals surface area contributed by atoms with Gasteiger partial charge in [0.25, 0.3) is 11.8 Å². The van der Waals surface area contributed by atoms with E-state index in [0.29, 0.717) is 23.4 Å². The Balaban J connectivity index is 1.47. The summed E-state index contributed by atoms with van der Waals surface area (Å²) in [5.74, 6) is -0.369. The SMILES string of the molecule is Cc1c(C(=O)Nc2ccccc2C(=O)NCCc2ccccc2)oc2ccccc12. The zero-order valence-corrected chi connectivity index (χ0v) is 16.6. The van der Waals surface area contributed by atoms with Gasteiger partial charge in [-0.25, -0.2) is 0 Å². The van der Waals surface area contributed by atoms with Crippen LogP contribution in [0.2, 0.25) is 0 Å². The lowest BCUT2D eigenvalue weighted by atomic mass is 10.1. The fourth-order valence-corrected chi connectivity index (χ4v) is 3.42. The molecule has 2 N–H and O–H groups in total. The lowest BCUT2D eigenvalue weighted by molar-refractivity contribution is 0.0955. The summed E-state index contributed by atoms with van der Waals surface area (Å²) < 4.78 is 5.73. The predicted molar refractivity (Wildman–Crippen MR) is 118 cm³/mol. The molecule has 1 heterocycles. The van der Waals surface area contributed by atoms with Gasteiger partial charge in [-0.1, -0.05) is 60.7 Å². The van der Waals surface area contributed by atoms with Crippen LogP contribution in [-0.4, -0.2) is 18.4 Å². The first-order valence-electron chi connectivity index (χ1n) is 9.84. The van der Waals surface area contributed by atoms with Gasteiger partial charge in [-0.15, -0.1) is 0 Å². The van der Waals surface area contributed by atoms with Crippen LogP contribution in [-0.2, 0) is 6.42 Å². The number of nitrogens with one attached hydrogen (secondary N) is 2. The van der Waals surface area contributed by atoms with E-state index in [1.54, 1.807) is 24.3 Å². The first-order valence-corrected chi connectivity index (χ1v) is 9.84. The molecule has 0 aliphatic rings. The van der Waals surface area contributed by atoms with E-state index in [2.05, 4.69) is 10.6 Å². The molecular formula is C25H22N2O3. The first kappa shape index (κ1) is 19.5. The van der Waals surface area contributed by atoms with Crippen molar-refractivity contribution in [2.75, 3.05) is 11.9 Å². The number of rotatable bonds is 6. The Morgan fingerprint density at radius 1 is 0.833 bits per heavy atom. The van der Waals surface area contributed by atoms with Crippen LogP contribution in [0.5, 0.6) is 0 Å². The second-order valence-electron chi connectivity index (χ2n) is 7.04. The summed E-state index contributed by atoms with van der Waals surface area (Å²) in [7, 11) is 0. The maximum absolute atomic E-state index is 12.8. The molecule has 0 atom stereocenters. The Hall–Kier alpha value is -3.86. The van der Waals surface area contributed by atoms with Gasteiger partial charge in [0.1, 0.15) is 5.58 Å². The molecule has 0 aliphatic heterocycles. The fourth-order valence-electron chi connectivity index (χ4n) is 3.42. The molecule has 150 valence electrons. The van der Waals surface area contributed by atoms with E-state index in [-0.39, 0.29) is 17.6 Å². The van der Waals surface area contributed by atoms with Crippen molar-refractivity contribution in [2.24, 2.45) is 0 Å². The molecule has 30 heavy (non-hydrogen) atoms. The molecule has 0 bridgehead atoms. The lowest BCUT2D eigenvalue weighted by Gasteiger charge is -2.11. The van der Waals surface area contributed by atoms with Crippen LogP contribution >= 0.6 is 0 Å². The molecule has 0 saturated heterocycles. The topological polar surface area (TPSA) is 71.3 Å². The second-order valence-corrected chi connectivity index (χ2v) is 7.04. The number of furan rings is 1. The summed E-state index contributed by atoms with van der Waals surface area (Å²) in [5, 5.41) is 6.64. The number of hydrogen-bond acceptors (Lipinski definition) is 3. The summed E-state index contributed by atoms with van der Waals surface area (Å²) in [4.78, 5) is 25.5. The minimum absolute atomic E-state index is 0.233. The van der Waals surface area contributed by atoms with Crippen molar-refractivity contribution in [3.05, 3.63) is 101 Å². The number of fused-ring (bicyclic) bond motifs is 1. The van der Waals surface area contributed by atoms with E-state index < -0.39 is 0 Å². The molecular weight excluding hydrogens is 376 g/mol. The number of aryl methyl sites for hydroxylation is 1. The Bertz CT molecular complexity index is 1200. The van der Waals surface area contributed by atoms with Crippen molar-refractivity contribution in [3.63, 3.8) is 0 Å². The maximum Gasteiger partial charge on any atom is 0.291 e. The van der Waals surface area contributed by atoms with Crippen molar-refractivity contribution in [3.8, 4) is 0 Å². The smallest absolute Gasteiger partial charge is 0.291 e. The molecule has 3 aromatic carbocycles.